The molecule has 0 spiro atoms. The van der Waals surface area contributed by atoms with Crippen molar-refractivity contribution in [2.75, 3.05) is 0 Å². The first-order chi connectivity index (χ1) is 4.27. The zero-order valence-corrected chi connectivity index (χ0v) is 8.62. The first kappa shape index (κ1) is 10.2. The normalized spacial score (nSPS) is 13.8. The van der Waals surface area contributed by atoms with E-state index in [-0.39, 0.29) is 5.60 Å². The molecular weight excluding hydrogens is 140 g/mol. The van der Waals surface area contributed by atoms with Crippen molar-refractivity contribution in [2.45, 2.75) is 46.6 Å². The molecular formula is C8H17OSi. The number of hydrogen-bond donors (Lipinski definition) is 0. The Morgan fingerprint density at radius 1 is 1.10 bits per heavy atom. The molecule has 0 saturated carbocycles. The largest absolute Gasteiger partial charge is 0.414 e. The van der Waals surface area contributed by atoms with Gasteiger partial charge in [0.25, 0.3) is 0 Å². The lowest BCUT2D eigenvalue weighted by atomic mass is 9.84. The van der Waals surface area contributed by atoms with Gasteiger partial charge in [0.2, 0.25) is 10.5 Å². The molecule has 0 aliphatic heterocycles. The van der Waals surface area contributed by atoms with Crippen LogP contribution in [-0.4, -0.2) is 16.1 Å². The van der Waals surface area contributed by atoms with Crippen molar-refractivity contribution in [3.63, 3.8) is 0 Å². The van der Waals surface area contributed by atoms with Crippen molar-refractivity contribution in [3.8, 4) is 0 Å². The van der Waals surface area contributed by atoms with E-state index in [1.54, 1.807) is 0 Å². The van der Waals surface area contributed by atoms with Crippen molar-refractivity contribution in [1.82, 2.24) is 0 Å². The fourth-order valence-corrected chi connectivity index (χ4v) is 1.39. The molecule has 0 aromatic heterocycles. The maximum absolute atomic E-state index is 5.12. The lowest BCUT2D eigenvalue weighted by Crippen LogP contribution is -2.29. The zero-order chi connectivity index (χ0) is 8.41. The highest BCUT2D eigenvalue weighted by atomic mass is 28.2. The van der Waals surface area contributed by atoms with Gasteiger partial charge in [0.15, 0.2) is 0 Å². The van der Waals surface area contributed by atoms with Crippen LogP contribution in [0.4, 0.5) is 0 Å². The third-order valence-corrected chi connectivity index (χ3v) is 1.78. The van der Waals surface area contributed by atoms with E-state index in [0.717, 1.165) is 6.42 Å². The van der Waals surface area contributed by atoms with E-state index >= 15 is 0 Å². The molecule has 0 bridgehead atoms. The summed E-state index contributed by atoms with van der Waals surface area (Å²) in [6.45, 7) is 10.8. The Kier molecular flexibility index (Phi) is 3.11. The standard InChI is InChI=1S/C8H17OSi/c1-7(2,3)6-8(4,5)9-10/h6H2,1-5H3. The Balaban J connectivity index is 3.89. The van der Waals surface area contributed by atoms with E-state index in [4.69, 9.17) is 4.43 Å². The molecule has 0 saturated heterocycles. The average molecular weight is 157 g/mol. The minimum absolute atomic E-state index is 0.0604. The molecule has 0 unspecified atom stereocenters. The minimum atomic E-state index is -0.0604. The molecule has 2 heteroatoms. The van der Waals surface area contributed by atoms with Gasteiger partial charge < -0.3 is 4.43 Å². The second kappa shape index (κ2) is 3.05. The smallest absolute Gasteiger partial charge is 0.246 e. The summed E-state index contributed by atoms with van der Waals surface area (Å²) in [6, 6.07) is 0. The number of rotatable bonds is 2. The van der Waals surface area contributed by atoms with E-state index in [0.29, 0.717) is 5.41 Å². The second-order valence-corrected chi connectivity index (χ2v) is 4.80. The van der Waals surface area contributed by atoms with Crippen LogP contribution < -0.4 is 0 Å². The fourth-order valence-electron chi connectivity index (χ4n) is 1.31. The van der Waals surface area contributed by atoms with Crippen LogP contribution in [0.25, 0.3) is 0 Å². The zero-order valence-electron chi connectivity index (χ0n) is 7.62. The van der Waals surface area contributed by atoms with Crippen molar-refractivity contribution in [1.29, 1.82) is 0 Å². The first-order valence-electron chi connectivity index (χ1n) is 3.62. The molecule has 0 aromatic rings. The van der Waals surface area contributed by atoms with Gasteiger partial charge in [-0.2, -0.15) is 0 Å². The Morgan fingerprint density at radius 2 is 1.50 bits per heavy atom. The molecule has 10 heavy (non-hydrogen) atoms. The van der Waals surface area contributed by atoms with Crippen LogP contribution in [0.15, 0.2) is 0 Å². The molecule has 0 N–H and O–H groups in total. The maximum atomic E-state index is 5.12. The minimum Gasteiger partial charge on any atom is -0.414 e. The molecule has 0 aliphatic rings. The number of hydrogen-bond acceptors (Lipinski definition) is 1. The van der Waals surface area contributed by atoms with Crippen LogP contribution in [0.1, 0.15) is 41.0 Å². The lowest BCUT2D eigenvalue weighted by molar-refractivity contribution is 0.0720. The summed E-state index contributed by atoms with van der Waals surface area (Å²) >= 11 is 0. The quantitative estimate of drug-likeness (QED) is 0.559. The van der Waals surface area contributed by atoms with Crippen molar-refractivity contribution in [2.24, 2.45) is 5.41 Å². The highest BCUT2D eigenvalue weighted by Crippen LogP contribution is 2.28. The van der Waals surface area contributed by atoms with Crippen molar-refractivity contribution in [3.05, 3.63) is 0 Å². The molecule has 0 amide bonds. The molecule has 0 heterocycles. The van der Waals surface area contributed by atoms with Gasteiger partial charge in [0.05, 0.1) is 5.60 Å². The Labute approximate surface area is 67.7 Å². The molecule has 0 aliphatic carbocycles. The first-order valence-corrected chi connectivity index (χ1v) is 4.02. The van der Waals surface area contributed by atoms with E-state index in [1.807, 2.05) is 0 Å². The van der Waals surface area contributed by atoms with E-state index < -0.39 is 0 Å². The second-order valence-electron chi connectivity index (χ2n) is 4.60. The Hall–Kier alpha value is 0.177. The predicted molar refractivity (Wildman–Crippen MR) is 45.0 cm³/mol. The Morgan fingerprint density at radius 3 is 1.60 bits per heavy atom. The molecule has 3 radical (unpaired) electrons. The van der Waals surface area contributed by atoms with Crippen LogP contribution in [0.2, 0.25) is 0 Å². The molecule has 1 nitrogen and oxygen atoms in total. The SMILES string of the molecule is CC(C)(C)CC(C)(C)O[Si]. The summed E-state index contributed by atoms with van der Waals surface area (Å²) in [5.41, 5.74) is 0.269. The average Bonchev–Trinajstić information content (AvgIpc) is 1.60. The highest BCUT2D eigenvalue weighted by molar-refractivity contribution is 5.98. The summed E-state index contributed by atoms with van der Waals surface area (Å²) in [4.78, 5) is 0. The van der Waals surface area contributed by atoms with Gasteiger partial charge in [-0.3, -0.25) is 0 Å². The molecule has 0 rings (SSSR count). The Bertz CT molecular complexity index is 102. The van der Waals surface area contributed by atoms with Gasteiger partial charge >= 0.3 is 0 Å². The summed E-state index contributed by atoms with van der Waals surface area (Å²) in [5.74, 6) is 0. The van der Waals surface area contributed by atoms with Gasteiger partial charge in [-0.15, -0.1) is 0 Å². The topological polar surface area (TPSA) is 9.23 Å². The fraction of sp³-hybridized carbons (Fsp3) is 1.00. The lowest BCUT2D eigenvalue weighted by Gasteiger charge is -2.31. The van der Waals surface area contributed by atoms with Crippen LogP contribution in [-0.2, 0) is 4.43 Å². The summed E-state index contributed by atoms with van der Waals surface area (Å²) < 4.78 is 5.12. The summed E-state index contributed by atoms with van der Waals surface area (Å²) in [5, 5.41) is 0. The molecule has 0 aromatic carbocycles. The third-order valence-electron chi connectivity index (χ3n) is 1.23. The summed E-state index contributed by atoms with van der Waals surface area (Å²) in [6.07, 6.45) is 1.05. The van der Waals surface area contributed by atoms with Gasteiger partial charge in [-0.05, 0) is 25.7 Å². The van der Waals surface area contributed by atoms with Gasteiger partial charge in [0, 0.05) is 0 Å². The predicted octanol–water partition coefficient (Wildman–Crippen LogP) is 2.30. The van der Waals surface area contributed by atoms with Crippen molar-refractivity contribution >= 4 is 10.5 Å². The van der Waals surface area contributed by atoms with E-state index in [1.165, 1.54) is 0 Å². The van der Waals surface area contributed by atoms with Crippen molar-refractivity contribution < 1.29 is 4.43 Å². The highest BCUT2D eigenvalue weighted by Gasteiger charge is 2.24. The van der Waals surface area contributed by atoms with E-state index in [9.17, 15) is 0 Å². The van der Waals surface area contributed by atoms with Gasteiger partial charge in [-0.1, -0.05) is 20.8 Å². The monoisotopic (exact) mass is 157 g/mol. The molecule has 0 fully saturated rings. The van der Waals surface area contributed by atoms with Crippen LogP contribution in [0.5, 0.6) is 0 Å². The summed E-state index contributed by atoms with van der Waals surface area (Å²) in [7, 11) is 3.07. The maximum Gasteiger partial charge on any atom is 0.246 e. The van der Waals surface area contributed by atoms with Crippen LogP contribution in [0.3, 0.4) is 0 Å². The van der Waals surface area contributed by atoms with Crippen LogP contribution >= 0.6 is 0 Å². The van der Waals surface area contributed by atoms with Crippen LogP contribution in [0, 0.1) is 5.41 Å². The van der Waals surface area contributed by atoms with E-state index in [2.05, 4.69) is 45.1 Å². The van der Waals surface area contributed by atoms with Gasteiger partial charge in [-0.25, -0.2) is 0 Å². The molecule has 59 valence electrons. The van der Waals surface area contributed by atoms with Gasteiger partial charge in [0.1, 0.15) is 0 Å². The third kappa shape index (κ3) is 5.00. The molecule has 0 atom stereocenters.